The number of phenolic OH excluding ortho intramolecular Hbond substituents is 3. The number of Topliss-reactive ketones (excluding diaryl/α,β-unsaturated/α-hetero) is 1. The Bertz CT molecular complexity index is 1260. The molecule has 210 valence electrons. The van der Waals surface area contributed by atoms with Crippen molar-refractivity contribution in [1.29, 1.82) is 0 Å². The van der Waals surface area contributed by atoms with Crippen molar-refractivity contribution in [3.05, 3.63) is 53.6 Å². The molecule has 1 aliphatic rings. The summed E-state index contributed by atoms with van der Waals surface area (Å²) >= 11 is 0. The van der Waals surface area contributed by atoms with Gasteiger partial charge in [-0.15, -0.1) is 0 Å². The highest BCUT2D eigenvalue weighted by molar-refractivity contribution is 6.03. The molecule has 0 bridgehead atoms. The van der Waals surface area contributed by atoms with Gasteiger partial charge >= 0.3 is 5.97 Å². The van der Waals surface area contributed by atoms with E-state index in [1.54, 1.807) is 0 Å². The molecule has 1 aliphatic heterocycles. The predicted octanol–water partition coefficient (Wildman–Crippen LogP) is -0.623. The van der Waals surface area contributed by atoms with Gasteiger partial charge in [0.1, 0.15) is 53.0 Å². The first-order valence-electron chi connectivity index (χ1n) is 11.5. The lowest BCUT2D eigenvalue weighted by atomic mass is 9.98. The Morgan fingerprint density at radius 1 is 0.949 bits per heavy atom. The van der Waals surface area contributed by atoms with Crippen LogP contribution >= 0.6 is 0 Å². The average molecular weight is 549 g/mol. The summed E-state index contributed by atoms with van der Waals surface area (Å²) in [6, 6.07) is 5.92. The molecule has 14 heteroatoms. The summed E-state index contributed by atoms with van der Waals surface area (Å²) in [7, 11) is 0. The predicted molar refractivity (Wildman–Crippen MR) is 130 cm³/mol. The summed E-state index contributed by atoms with van der Waals surface area (Å²) in [5, 5.41) is 80.7. The zero-order chi connectivity index (χ0) is 28.9. The molecule has 0 aliphatic carbocycles. The lowest BCUT2D eigenvalue weighted by molar-refractivity contribution is -0.277. The van der Waals surface area contributed by atoms with Gasteiger partial charge < -0.3 is 55.6 Å². The number of carboxylic acids is 1. The number of rotatable bonds is 10. The van der Waals surface area contributed by atoms with Crippen LogP contribution in [-0.4, -0.2) is 95.8 Å². The van der Waals surface area contributed by atoms with E-state index in [-0.39, 0.29) is 24.3 Å². The summed E-state index contributed by atoms with van der Waals surface area (Å²) in [6.45, 7) is -0.729. The van der Waals surface area contributed by atoms with Gasteiger partial charge in [-0.05, 0) is 24.1 Å². The molecule has 1 amide bonds. The Labute approximate surface area is 220 Å². The Kier molecular flexibility index (Phi) is 9.45. The van der Waals surface area contributed by atoms with Crippen LogP contribution in [-0.2, 0) is 20.7 Å². The second-order valence-electron chi connectivity index (χ2n) is 8.59. The number of carboxylic acid groups (broad SMARTS) is 1. The Balaban J connectivity index is 1.78. The minimum Gasteiger partial charge on any atom is -0.508 e. The molecule has 9 N–H and O–H groups in total. The normalized spacial score (nSPS) is 22.9. The number of hydrogen-bond donors (Lipinski definition) is 9. The Hall–Kier alpha value is -4.21. The van der Waals surface area contributed by atoms with Crippen molar-refractivity contribution in [2.45, 2.75) is 43.5 Å². The third-order valence-corrected chi connectivity index (χ3v) is 5.77. The molecular weight excluding hydrogens is 522 g/mol. The molecule has 1 fully saturated rings. The summed E-state index contributed by atoms with van der Waals surface area (Å²) < 4.78 is 10.7. The molecule has 3 rings (SSSR count). The van der Waals surface area contributed by atoms with E-state index < -0.39 is 77.8 Å². The van der Waals surface area contributed by atoms with Gasteiger partial charge in [-0.3, -0.25) is 9.59 Å². The summed E-state index contributed by atoms with van der Waals surface area (Å²) in [4.78, 5) is 35.5. The number of anilines is 1. The fourth-order valence-electron chi connectivity index (χ4n) is 3.79. The van der Waals surface area contributed by atoms with Gasteiger partial charge in [0.05, 0.1) is 12.3 Å². The van der Waals surface area contributed by atoms with Crippen LogP contribution in [0.4, 0.5) is 5.69 Å². The number of amides is 1. The number of hydrogen-bond acceptors (Lipinski definition) is 12. The van der Waals surface area contributed by atoms with Crippen LogP contribution in [0.3, 0.4) is 0 Å². The van der Waals surface area contributed by atoms with Crippen LogP contribution in [0.2, 0.25) is 0 Å². The van der Waals surface area contributed by atoms with E-state index in [1.807, 2.05) is 0 Å². The molecule has 14 nitrogen and oxygen atoms in total. The summed E-state index contributed by atoms with van der Waals surface area (Å²) in [5.41, 5.74) is 0.0308. The number of aliphatic hydroxyl groups excluding tert-OH is 4. The SMILES string of the molecule is O=C(O)/C=C/C(=O)Nc1cc(CCC(=O)c2c(O)cc(O)cc2O[C@H]2OC(CO)C(O)C(O)C2O)ccc1O. The van der Waals surface area contributed by atoms with E-state index in [0.717, 1.165) is 18.2 Å². The second kappa shape index (κ2) is 12.6. The van der Waals surface area contributed by atoms with Gasteiger partial charge in [0, 0.05) is 30.7 Å². The molecule has 0 saturated carbocycles. The number of benzene rings is 2. The van der Waals surface area contributed by atoms with Crippen molar-refractivity contribution in [3.8, 4) is 23.0 Å². The first-order chi connectivity index (χ1) is 18.4. The number of carbonyl (C=O) groups is 3. The number of aromatic hydroxyl groups is 3. The van der Waals surface area contributed by atoms with Crippen LogP contribution in [0.5, 0.6) is 23.0 Å². The second-order valence-corrected chi connectivity index (χ2v) is 8.59. The van der Waals surface area contributed by atoms with Crippen molar-refractivity contribution in [1.82, 2.24) is 0 Å². The molecule has 0 aromatic heterocycles. The monoisotopic (exact) mass is 549 g/mol. The molecule has 5 atom stereocenters. The van der Waals surface area contributed by atoms with Crippen LogP contribution in [0, 0.1) is 0 Å². The Morgan fingerprint density at radius 3 is 2.33 bits per heavy atom. The van der Waals surface area contributed by atoms with E-state index in [4.69, 9.17) is 14.6 Å². The van der Waals surface area contributed by atoms with Gasteiger partial charge in [0.2, 0.25) is 12.2 Å². The van der Waals surface area contributed by atoms with E-state index in [0.29, 0.717) is 11.6 Å². The standard InChI is InChI=1S/C25H27NO13/c27-10-18-22(35)23(36)24(37)25(39-18)38-17-9-12(28)8-16(31)21(17)15(30)4-2-11-1-3-14(29)13(7-11)26-19(32)5-6-20(33)34/h1,3,5-9,18,22-25,27-29,31,35-37H,2,4,10H2,(H,26,32)(H,33,34)/b6-5+/t18?,22?,23?,24?,25-/m0/s1. The fraction of sp³-hybridized carbons (Fsp3) is 0.320. The molecular formula is C25H27NO13. The number of aliphatic hydroxyl groups is 4. The number of ether oxygens (including phenoxy) is 2. The van der Waals surface area contributed by atoms with Gasteiger partial charge in [-0.2, -0.15) is 0 Å². The highest BCUT2D eigenvalue weighted by Crippen LogP contribution is 2.36. The van der Waals surface area contributed by atoms with E-state index in [2.05, 4.69) is 5.32 Å². The first kappa shape index (κ1) is 29.3. The van der Waals surface area contributed by atoms with Gasteiger partial charge in [0.25, 0.3) is 0 Å². The maximum Gasteiger partial charge on any atom is 0.328 e. The average Bonchev–Trinajstić information content (AvgIpc) is 2.87. The first-order valence-corrected chi connectivity index (χ1v) is 11.5. The van der Waals surface area contributed by atoms with E-state index in [9.17, 15) is 50.1 Å². The maximum absolute atomic E-state index is 13.1. The van der Waals surface area contributed by atoms with Crippen molar-refractivity contribution >= 4 is 23.3 Å². The zero-order valence-corrected chi connectivity index (χ0v) is 20.2. The molecule has 1 saturated heterocycles. The summed E-state index contributed by atoms with van der Waals surface area (Å²) in [5.74, 6) is -4.73. The van der Waals surface area contributed by atoms with Crippen LogP contribution in [0.15, 0.2) is 42.5 Å². The highest BCUT2D eigenvalue weighted by atomic mass is 16.7. The molecule has 4 unspecified atom stereocenters. The third kappa shape index (κ3) is 7.22. The number of ketones is 1. The van der Waals surface area contributed by atoms with E-state index >= 15 is 0 Å². The topological polar surface area (TPSA) is 244 Å². The number of aryl methyl sites for hydroxylation is 1. The molecule has 39 heavy (non-hydrogen) atoms. The van der Waals surface area contributed by atoms with Crippen LogP contribution in [0.1, 0.15) is 22.3 Å². The zero-order valence-electron chi connectivity index (χ0n) is 20.2. The van der Waals surface area contributed by atoms with Crippen molar-refractivity contribution in [3.63, 3.8) is 0 Å². The lowest BCUT2D eigenvalue weighted by Gasteiger charge is -2.39. The summed E-state index contributed by atoms with van der Waals surface area (Å²) in [6.07, 6.45) is -7.08. The quantitative estimate of drug-likeness (QED) is 0.102. The number of carbonyl (C=O) groups excluding carboxylic acids is 2. The van der Waals surface area contributed by atoms with Crippen molar-refractivity contribution in [2.75, 3.05) is 11.9 Å². The fourth-order valence-corrected chi connectivity index (χ4v) is 3.79. The molecule has 2 aromatic rings. The molecule has 0 radical (unpaired) electrons. The van der Waals surface area contributed by atoms with Crippen LogP contribution in [0.25, 0.3) is 0 Å². The van der Waals surface area contributed by atoms with Crippen molar-refractivity contribution in [2.24, 2.45) is 0 Å². The lowest BCUT2D eigenvalue weighted by Crippen LogP contribution is -2.60. The third-order valence-electron chi connectivity index (χ3n) is 5.77. The number of aliphatic carboxylic acids is 1. The minimum absolute atomic E-state index is 0.0345. The number of phenols is 3. The highest BCUT2D eigenvalue weighted by Gasteiger charge is 2.45. The van der Waals surface area contributed by atoms with Gasteiger partial charge in [-0.1, -0.05) is 6.07 Å². The largest absolute Gasteiger partial charge is 0.508 e. The van der Waals surface area contributed by atoms with Gasteiger partial charge in [0.15, 0.2) is 5.78 Å². The van der Waals surface area contributed by atoms with Crippen molar-refractivity contribution < 1.29 is 64.7 Å². The minimum atomic E-state index is -1.81. The molecule has 0 spiro atoms. The van der Waals surface area contributed by atoms with Gasteiger partial charge in [-0.25, -0.2) is 4.79 Å². The molecule has 2 aromatic carbocycles. The Morgan fingerprint density at radius 2 is 1.67 bits per heavy atom. The van der Waals surface area contributed by atoms with E-state index in [1.165, 1.54) is 18.2 Å². The maximum atomic E-state index is 13.1. The smallest absolute Gasteiger partial charge is 0.328 e. The number of nitrogens with one attached hydrogen (secondary N) is 1. The molecule has 1 heterocycles. The van der Waals surface area contributed by atoms with Crippen LogP contribution < -0.4 is 10.1 Å².